The molecule has 0 fully saturated rings. The van der Waals surface area contributed by atoms with Gasteiger partial charge >= 0.3 is 0 Å². The molecule has 6 nitrogen and oxygen atoms in total. The Bertz CT molecular complexity index is 1400. The van der Waals surface area contributed by atoms with Crippen LogP contribution in [0, 0.1) is 6.92 Å². The van der Waals surface area contributed by atoms with E-state index in [-0.39, 0.29) is 28.1 Å². The van der Waals surface area contributed by atoms with Crippen LogP contribution in [0.5, 0.6) is 5.75 Å². The van der Waals surface area contributed by atoms with Gasteiger partial charge in [0, 0.05) is 11.2 Å². The van der Waals surface area contributed by atoms with Crippen LogP contribution in [0.25, 0.3) is 11.0 Å². The maximum absolute atomic E-state index is 13.5. The monoisotopic (exact) mass is 418 g/mol. The molecule has 7 heteroatoms. The Balaban J connectivity index is 1.84. The molecule has 0 bridgehead atoms. The molecule has 0 aliphatic carbocycles. The number of anilines is 1. The number of fused-ring (bicyclic) bond motifs is 2. The van der Waals surface area contributed by atoms with E-state index in [2.05, 4.69) is 4.98 Å². The number of pyridine rings is 1. The lowest BCUT2D eigenvalue weighted by Crippen LogP contribution is -2.30. The van der Waals surface area contributed by atoms with Crippen LogP contribution in [-0.4, -0.2) is 16.0 Å². The van der Waals surface area contributed by atoms with Crippen molar-refractivity contribution in [1.82, 2.24) is 4.98 Å². The van der Waals surface area contributed by atoms with Gasteiger partial charge in [-0.3, -0.25) is 14.5 Å². The van der Waals surface area contributed by atoms with Gasteiger partial charge in [-0.2, -0.15) is 0 Å². The van der Waals surface area contributed by atoms with Crippen LogP contribution >= 0.6 is 11.6 Å². The first-order valence-corrected chi connectivity index (χ1v) is 9.63. The van der Waals surface area contributed by atoms with Crippen LogP contribution in [0.4, 0.5) is 5.82 Å². The van der Waals surface area contributed by atoms with Crippen LogP contribution in [0.1, 0.15) is 33.3 Å². The predicted octanol–water partition coefficient (Wildman–Crippen LogP) is 4.61. The molecule has 1 amide bonds. The first-order chi connectivity index (χ1) is 14.4. The second-order valence-electron chi connectivity index (χ2n) is 7.18. The van der Waals surface area contributed by atoms with E-state index in [1.54, 1.807) is 36.5 Å². The van der Waals surface area contributed by atoms with E-state index < -0.39 is 11.9 Å². The summed E-state index contributed by atoms with van der Waals surface area (Å²) in [4.78, 5) is 32.6. The average Bonchev–Trinajstić information content (AvgIpc) is 3.01. The molecule has 0 saturated heterocycles. The number of amides is 1. The molecule has 2 aromatic carbocycles. The van der Waals surface area contributed by atoms with Gasteiger partial charge in [-0.1, -0.05) is 23.7 Å². The van der Waals surface area contributed by atoms with Gasteiger partial charge in [-0.15, -0.1) is 0 Å². The Morgan fingerprint density at radius 3 is 2.70 bits per heavy atom. The number of aryl methyl sites for hydroxylation is 1. The lowest BCUT2D eigenvalue weighted by Gasteiger charge is -2.24. The zero-order chi connectivity index (χ0) is 21.0. The lowest BCUT2D eigenvalue weighted by molar-refractivity contribution is 0.0970. The van der Waals surface area contributed by atoms with E-state index in [1.165, 1.54) is 23.1 Å². The van der Waals surface area contributed by atoms with Crippen molar-refractivity contribution in [2.24, 2.45) is 0 Å². The number of phenols is 1. The highest BCUT2D eigenvalue weighted by Gasteiger charge is 2.44. The molecule has 1 aliphatic heterocycles. The van der Waals surface area contributed by atoms with Gasteiger partial charge in [0.05, 0.1) is 17.0 Å². The number of rotatable bonds is 2. The molecule has 1 atom stereocenters. The highest BCUT2D eigenvalue weighted by Crippen LogP contribution is 2.41. The lowest BCUT2D eigenvalue weighted by atomic mass is 9.98. The fourth-order valence-corrected chi connectivity index (χ4v) is 4.02. The SMILES string of the molecule is Cc1ccnc(N2C(=O)c3oc4ccc(Cl)cc4c(=O)c3[C@H]2c2cccc(O)c2)c1. The number of benzene rings is 2. The Labute approximate surface area is 176 Å². The van der Waals surface area contributed by atoms with Crippen LogP contribution in [0.2, 0.25) is 5.02 Å². The second-order valence-corrected chi connectivity index (χ2v) is 7.61. The normalized spacial score (nSPS) is 15.6. The molecule has 4 aromatic rings. The number of hydrogen-bond acceptors (Lipinski definition) is 5. The Hall–Kier alpha value is -3.64. The summed E-state index contributed by atoms with van der Waals surface area (Å²) < 4.78 is 5.88. The summed E-state index contributed by atoms with van der Waals surface area (Å²) in [5, 5.41) is 10.7. The van der Waals surface area contributed by atoms with Crippen molar-refractivity contribution in [3.8, 4) is 5.75 Å². The van der Waals surface area contributed by atoms with E-state index in [1.807, 2.05) is 13.0 Å². The molecular weight excluding hydrogens is 404 g/mol. The zero-order valence-corrected chi connectivity index (χ0v) is 16.6. The van der Waals surface area contributed by atoms with Crippen LogP contribution in [0.3, 0.4) is 0 Å². The van der Waals surface area contributed by atoms with Crippen molar-refractivity contribution < 1.29 is 14.3 Å². The van der Waals surface area contributed by atoms with Gasteiger partial charge in [0.25, 0.3) is 5.91 Å². The highest BCUT2D eigenvalue weighted by molar-refractivity contribution is 6.31. The molecule has 0 saturated carbocycles. The number of hydrogen-bond donors (Lipinski definition) is 1. The summed E-state index contributed by atoms with van der Waals surface area (Å²) in [6.07, 6.45) is 1.60. The maximum Gasteiger partial charge on any atom is 0.296 e. The molecule has 0 radical (unpaired) electrons. The summed E-state index contributed by atoms with van der Waals surface area (Å²) in [6, 6.07) is 14.0. The fraction of sp³-hybridized carbons (Fsp3) is 0.0870. The minimum Gasteiger partial charge on any atom is -0.508 e. The van der Waals surface area contributed by atoms with Gasteiger partial charge in [0.1, 0.15) is 17.2 Å². The van der Waals surface area contributed by atoms with Gasteiger partial charge in [-0.05, 0) is 60.5 Å². The third kappa shape index (κ3) is 2.76. The molecule has 30 heavy (non-hydrogen) atoms. The van der Waals surface area contributed by atoms with E-state index in [0.29, 0.717) is 21.8 Å². The Morgan fingerprint density at radius 1 is 1.10 bits per heavy atom. The predicted molar refractivity (Wildman–Crippen MR) is 113 cm³/mol. The first kappa shape index (κ1) is 18.4. The number of halogens is 1. The fourth-order valence-electron chi connectivity index (χ4n) is 3.84. The van der Waals surface area contributed by atoms with Crippen LogP contribution in [0.15, 0.2) is 70.0 Å². The van der Waals surface area contributed by atoms with Crippen molar-refractivity contribution >= 4 is 34.3 Å². The summed E-state index contributed by atoms with van der Waals surface area (Å²) in [6.45, 7) is 1.89. The smallest absolute Gasteiger partial charge is 0.296 e. The van der Waals surface area contributed by atoms with Gasteiger partial charge in [-0.25, -0.2) is 4.98 Å². The van der Waals surface area contributed by atoms with Crippen LogP contribution in [-0.2, 0) is 0 Å². The quantitative estimate of drug-likeness (QED) is 0.514. The minimum absolute atomic E-state index is 0.0266. The highest BCUT2D eigenvalue weighted by atomic mass is 35.5. The third-order valence-corrected chi connectivity index (χ3v) is 5.40. The topological polar surface area (TPSA) is 83.6 Å². The average molecular weight is 419 g/mol. The first-order valence-electron chi connectivity index (χ1n) is 9.25. The zero-order valence-electron chi connectivity index (χ0n) is 15.8. The molecule has 1 N–H and O–H groups in total. The summed E-state index contributed by atoms with van der Waals surface area (Å²) >= 11 is 6.09. The van der Waals surface area contributed by atoms with Crippen molar-refractivity contribution in [1.29, 1.82) is 0 Å². The minimum atomic E-state index is -0.798. The van der Waals surface area contributed by atoms with Gasteiger partial charge in [0.15, 0.2) is 5.43 Å². The number of aromatic nitrogens is 1. The molecule has 1 aliphatic rings. The second kappa shape index (κ2) is 6.71. The van der Waals surface area contributed by atoms with Crippen LogP contribution < -0.4 is 10.3 Å². The van der Waals surface area contributed by atoms with Gasteiger partial charge < -0.3 is 9.52 Å². The number of phenolic OH excluding ortho intramolecular Hbond substituents is 1. The van der Waals surface area contributed by atoms with E-state index in [4.69, 9.17) is 16.0 Å². The number of carbonyl (C=O) groups is 1. The van der Waals surface area contributed by atoms with E-state index in [0.717, 1.165) is 5.56 Å². The molecular formula is C23H15ClN2O4. The third-order valence-electron chi connectivity index (χ3n) is 5.17. The number of aromatic hydroxyl groups is 1. The summed E-state index contributed by atoms with van der Waals surface area (Å²) in [5.41, 5.74) is 1.62. The molecule has 148 valence electrons. The molecule has 0 spiro atoms. The molecule has 5 rings (SSSR count). The molecule has 2 aromatic heterocycles. The number of nitrogens with zero attached hydrogens (tertiary/aromatic N) is 2. The van der Waals surface area contributed by atoms with E-state index >= 15 is 0 Å². The van der Waals surface area contributed by atoms with Crippen molar-refractivity contribution in [2.75, 3.05) is 4.90 Å². The Kier molecular flexibility index (Phi) is 4.11. The molecule has 0 unspecified atom stereocenters. The largest absolute Gasteiger partial charge is 0.508 e. The maximum atomic E-state index is 13.5. The van der Waals surface area contributed by atoms with Crippen molar-refractivity contribution in [3.05, 3.63) is 98.5 Å². The molecule has 3 heterocycles. The van der Waals surface area contributed by atoms with Crippen molar-refractivity contribution in [3.63, 3.8) is 0 Å². The van der Waals surface area contributed by atoms with Crippen molar-refractivity contribution in [2.45, 2.75) is 13.0 Å². The van der Waals surface area contributed by atoms with Gasteiger partial charge in [0.2, 0.25) is 5.76 Å². The van der Waals surface area contributed by atoms with E-state index in [9.17, 15) is 14.7 Å². The summed E-state index contributed by atoms with van der Waals surface area (Å²) in [7, 11) is 0. The Morgan fingerprint density at radius 2 is 1.93 bits per heavy atom. The standard InChI is InChI=1S/C23H15ClN2O4/c1-12-7-8-25-18(9-12)26-20(13-3-2-4-15(27)10-13)19-21(28)16-11-14(24)5-6-17(16)30-22(19)23(26)29/h2-11,20,27H,1H3/t20-/m1/s1. The summed E-state index contributed by atoms with van der Waals surface area (Å²) in [5.74, 6) is -0.0862. The number of carbonyl (C=O) groups excluding carboxylic acids is 1.